The summed E-state index contributed by atoms with van der Waals surface area (Å²) in [5, 5.41) is 11.9. The number of carbonyl (C=O) groups is 2. The highest BCUT2D eigenvalue weighted by molar-refractivity contribution is 5.92. The Labute approximate surface area is 521 Å². The number of carboxylic acid groups (broad SMARTS) is 1. The summed E-state index contributed by atoms with van der Waals surface area (Å²) in [6.07, 6.45) is 7.63. The first-order valence-electron chi connectivity index (χ1n) is 28.9. The van der Waals surface area contributed by atoms with Gasteiger partial charge in [-0.05, 0) is 147 Å². The highest BCUT2D eigenvalue weighted by Gasteiger charge is 2.23. The predicted molar refractivity (Wildman–Crippen MR) is 354 cm³/mol. The lowest BCUT2D eigenvalue weighted by Gasteiger charge is -2.24. The minimum Gasteiger partial charge on any atom is -0.493 e. The van der Waals surface area contributed by atoms with Crippen molar-refractivity contribution < 1.29 is 52.6 Å². The van der Waals surface area contributed by atoms with Gasteiger partial charge in [0.15, 0.2) is 46.0 Å². The highest BCUT2D eigenvalue weighted by Crippen LogP contribution is 2.39. The minimum atomic E-state index is -0.984. The molecule has 8 rings (SSSR count). The number of amides is 1. The summed E-state index contributed by atoms with van der Waals surface area (Å²) in [6, 6.07) is 59.4. The van der Waals surface area contributed by atoms with E-state index in [1.807, 2.05) is 188 Å². The van der Waals surface area contributed by atoms with E-state index in [0.717, 1.165) is 79.6 Å². The quantitative estimate of drug-likeness (QED) is 0.0464. The Bertz CT molecular complexity index is 3460. The average molecular weight is 1190 g/mol. The Morgan fingerprint density at radius 1 is 0.420 bits per heavy atom. The molecule has 8 aromatic rings. The maximum atomic E-state index is 12.8. The zero-order valence-corrected chi connectivity index (χ0v) is 51.9. The monoisotopic (exact) mass is 1190 g/mol. The van der Waals surface area contributed by atoms with Crippen molar-refractivity contribution in [3.8, 4) is 46.0 Å². The number of nitrogens with one attached hydrogen (secondary N) is 1. The molecule has 0 fully saturated rings. The fraction of sp³-hybridized carbons (Fsp3) is 0.280. The molecule has 0 unspecified atom stereocenters. The van der Waals surface area contributed by atoms with Crippen LogP contribution in [0.5, 0.6) is 46.0 Å². The van der Waals surface area contributed by atoms with Gasteiger partial charge in [-0.3, -0.25) is 4.79 Å². The Kier molecular flexibility index (Phi) is 27.8. The van der Waals surface area contributed by atoms with Crippen LogP contribution in [0.1, 0.15) is 105 Å². The normalized spacial score (nSPS) is 11.0. The highest BCUT2D eigenvalue weighted by atomic mass is 16.5. The van der Waals surface area contributed by atoms with Crippen molar-refractivity contribution in [1.82, 2.24) is 5.32 Å². The van der Waals surface area contributed by atoms with Gasteiger partial charge in [0.1, 0.15) is 26.4 Å². The van der Waals surface area contributed by atoms with Crippen LogP contribution in [0.25, 0.3) is 12.2 Å². The number of methoxy groups -OCH3 is 4. The van der Waals surface area contributed by atoms with Gasteiger partial charge >= 0.3 is 5.97 Å². The molecule has 0 bridgehead atoms. The predicted octanol–water partition coefficient (Wildman–Crippen LogP) is 15.6. The standard InChI is InChI=1S/C37H41NO5.C21H24O4.C16H19NO2.CH4/c1-37(2,3)31-24-33(41-5)35(43-26-29-14-10-7-11-15-29)23-30(31)17-19-36(39)38-21-20-27-16-18-32(40-4)34(22-27)42-25-28-12-8-6-9-13-28;1-21(2,3)17-13-18(24-4)19(12-16(17)10-11-20(22)23)25-14-15-8-6-5-7-9-15;1-18-15-8-7-13(9-10-17)11-16(15)19-12-14-5-3-2-4-6-14;/h6-19,22-24H,20-21,25-26H2,1-5H3,(H,38,39);5-13H,14H2,1-4H3,(H,22,23);2-8,11H,9-10,12,17H2,1H3;1H4/b19-17+;11-10+;;. The fourth-order valence-electron chi connectivity index (χ4n) is 9.07. The molecule has 0 atom stereocenters. The van der Waals surface area contributed by atoms with Crippen LogP contribution in [0.2, 0.25) is 0 Å². The molecule has 0 radical (unpaired) electrons. The first-order chi connectivity index (χ1) is 41.9. The smallest absolute Gasteiger partial charge is 0.328 e. The number of aliphatic carboxylic acids is 1. The van der Waals surface area contributed by atoms with Crippen molar-refractivity contribution in [3.05, 3.63) is 250 Å². The van der Waals surface area contributed by atoms with Crippen LogP contribution in [0.15, 0.2) is 194 Å². The summed E-state index contributed by atoms with van der Waals surface area (Å²) < 4.78 is 45.9. The Morgan fingerprint density at radius 2 is 0.750 bits per heavy atom. The molecular formula is C75H88N2O11. The van der Waals surface area contributed by atoms with Gasteiger partial charge < -0.3 is 54.1 Å². The number of hydrogen-bond acceptors (Lipinski definition) is 11. The SMILES string of the molecule is C.COc1cc(C(C)(C)C)c(/C=C/C(=O)O)cc1OCc1ccccc1.COc1ccc(CCN)cc1OCc1ccccc1.COc1ccc(CCNC(=O)/C=C/c2cc(OCc3ccccc3)c(OC)cc2C(C)(C)C)cc1OCc1ccccc1. The molecule has 88 heavy (non-hydrogen) atoms. The molecule has 13 heteroatoms. The van der Waals surface area contributed by atoms with Gasteiger partial charge in [0, 0.05) is 18.7 Å². The van der Waals surface area contributed by atoms with Crippen LogP contribution in [0.3, 0.4) is 0 Å². The Morgan fingerprint density at radius 3 is 1.07 bits per heavy atom. The van der Waals surface area contributed by atoms with Crippen LogP contribution in [0, 0.1) is 0 Å². The van der Waals surface area contributed by atoms with Gasteiger partial charge in [-0.2, -0.15) is 0 Å². The molecule has 0 aromatic heterocycles. The number of benzene rings is 8. The molecule has 0 saturated carbocycles. The molecule has 0 aliphatic heterocycles. The minimum absolute atomic E-state index is 0. The lowest BCUT2D eigenvalue weighted by molar-refractivity contribution is -0.131. The van der Waals surface area contributed by atoms with Gasteiger partial charge in [0.2, 0.25) is 5.91 Å². The summed E-state index contributed by atoms with van der Waals surface area (Å²) in [5.41, 5.74) is 15.5. The number of carboxylic acids is 1. The molecule has 1 amide bonds. The Hall–Kier alpha value is -9.46. The van der Waals surface area contributed by atoms with E-state index in [1.54, 1.807) is 40.6 Å². The average Bonchev–Trinajstić information content (AvgIpc) is 1.35. The largest absolute Gasteiger partial charge is 0.493 e. The summed E-state index contributed by atoms with van der Waals surface area (Å²) in [6.45, 7) is 15.5. The molecule has 13 nitrogen and oxygen atoms in total. The lowest BCUT2D eigenvalue weighted by atomic mass is 9.83. The van der Waals surface area contributed by atoms with Crippen LogP contribution in [0.4, 0.5) is 0 Å². The Balaban J connectivity index is 0.000000264. The third-order valence-corrected chi connectivity index (χ3v) is 13.7. The number of ether oxygens (including phenoxy) is 8. The van der Waals surface area contributed by atoms with Crippen LogP contribution >= 0.6 is 0 Å². The maximum Gasteiger partial charge on any atom is 0.328 e. The maximum absolute atomic E-state index is 12.8. The molecule has 0 heterocycles. The van der Waals surface area contributed by atoms with Crippen LogP contribution in [-0.4, -0.2) is 58.5 Å². The number of rotatable bonds is 25. The zero-order chi connectivity index (χ0) is 62.6. The molecular weight excluding hydrogens is 1100 g/mol. The third-order valence-electron chi connectivity index (χ3n) is 13.7. The molecule has 0 saturated heterocycles. The first kappa shape index (κ1) is 69.3. The summed E-state index contributed by atoms with van der Waals surface area (Å²) in [5.74, 6) is 4.21. The molecule has 464 valence electrons. The second-order valence-corrected chi connectivity index (χ2v) is 22.3. The van der Waals surface area contributed by atoms with Crippen molar-refractivity contribution in [3.63, 3.8) is 0 Å². The van der Waals surface area contributed by atoms with Gasteiger partial charge in [-0.15, -0.1) is 0 Å². The molecule has 0 aliphatic carbocycles. The van der Waals surface area contributed by atoms with E-state index in [1.165, 1.54) is 0 Å². The van der Waals surface area contributed by atoms with Gasteiger partial charge in [-0.25, -0.2) is 4.79 Å². The van der Waals surface area contributed by atoms with Crippen molar-refractivity contribution in [2.75, 3.05) is 41.5 Å². The summed E-state index contributed by atoms with van der Waals surface area (Å²) >= 11 is 0. The fourth-order valence-corrected chi connectivity index (χ4v) is 9.07. The number of carbonyl (C=O) groups excluding carboxylic acids is 1. The molecule has 4 N–H and O–H groups in total. The van der Waals surface area contributed by atoms with Crippen molar-refractivity contribution in [1.29, 1.82) is 0 Å². The second kappa shape index (κ2) is 35.2. The van der Waals surface area contributed by atoms with Gasteiger partial charge in [-0.1, -0.05) is 182 Å². The van der Waals surface area contributed by atoms with Gasteiger partial charge in [0.25, 0.3) is 0 Å². The van der Waals surface area contributed by atoms with Crippen molar-refractivity contribution in [2.45, 2.75) is 99.1 Å². The topological polar surface area (TPSA) is 166 Å². The summed E-state index contributed by atoms with van der Waals surface area (Å²) in [4.78, 5) is 23.7. The van der Waals surface area contributed by atoms with Crippen LogP contribution < -0.4 is 48.9 Å². The molecule has 0 aliphatic rings. The van der Waals surface area contributed by atoms with E-state index in [2.05, 4.69) is 46.9 Å². The van der Waals surface area contributed by atoms with E-state index < -0.39 is 5.97 Å². The van der Waals surface area contributed by atoms with E-state index in [-0.39, 0.29) is 24.2 Å². The van der Waals surface area contributed by atoms with E-state index in [9.17, 15) is 9.59 Å². The number of hydrogen-bond donors (Lipinski definition) is 3. The van der Waals surface area contributed by atoms with Crippen molar-refractivity contribution >= 4 is 24.0 Å². The third kappa shape index (κ3) is 22.4. The van der Waals surface area contributed by atoms with E-state index in [4.69, 9.17) is 48.7 Å². The van der Waals surface area contributed by atoms with Crippen molar-refractivity contribution in [2.24, 2.45) is 5.73 Å². The summed E-state index contributed by atoms with van der Waals surface area (Å²) in [7, 11) is 6.52. The second-order valence-electron chi connectivity index (χ2n) is 22.3. The first-order valence-corrected chi connectivity index (χ1v) is 28.9. The van der Waals surface area contributed by atoms with Crippen LogP contribution in [-0.2, 0) is 59.7 Å². The van der Waals surface area contributed by atoms with E-state index in [0.29, 0.717) is 80.4 Å². The zero-order valence-electron chi connectivity index (χ0n) is 51.9. The number of nitrogens with two attached hydrogens (primary N) is 1. The molecule has 0 spiro atoms. The molecule has 8 aromatic carbocycles. The van der Waals surface area contributed by atoms with Gasteiger partial charge in [0.05, 0.1) is 28.4 Å². The van der Waals surface area contributed by atoms with E-state index >= 15 is 0 Å². The lowest BCUT2D eigenvalue weighted by Crippen LogP contribution is -2.23.